The van der Waals surface area contributed by atoms with Crippen molar-refractivity contribution in [2.75, 3.05) is 5.32 Å². The third-order valence-electron chi connectivity index (χ3n) is 2.93. The summed E-state index contributed by atoms with van der Waals surface area (Å²) in [5.41, 5.74) is 1.22. The minimum absolute atomic E-state index is 0.397. The third-order valence-corrected chi connectivity index (χ3v) is 2.93. The number of hydrogen-bond donors (Lipinski definition) is 1. The van der Waals surface area contributed by atoms with E-state index in [1.165, 1.54) is 12.1 Å². The van der Waals surface area contributed by atoms with Gasteiger partial charge in [-0.25, -0.2) is 8.78 Å². The van der Waals surface area contributed by atoms with Crippen molar-refractivity contribution in [2.24, 2.45) is 0 Å². The molecule has 0 aliphatic carbocycles. The van der Waals surface area contributed by atoms with Gasteiger partial charge in [0.2, 0.25) is 0 Å². The van der Waals surface area contributed by atoms with Crippen molar-refractivity contribution in [3.8, 4) is 0 Å². The number of nitrogens with one attached hydrogen (secondary N) is 1. The number of fused-ring (bicyclic) bond motifs is 1. The van der Waals surface area contributed by atoms with Crippen molar-refractivity contribution in [3.63, 3.8) is 0 Å². The van der Waals surface area contributed by atoms with E-state index in [0.717, 1.165) is 22.5 Å². The van der Waals surface area contributed by atoms with Gasteiger partial charge in [-0.1, -0.05) is 36.4 Å². The molecule has 3 heteroatoms. The van der Waals surface area contributed by atoms with Gasteiger partial charge in [0.15, 0.2) is 0 Å². The molecule has 0 atom stereocenters. The van der Waals surface area contributed by atoms with Crippen molar-refractivity contribution < 1.29 is 8.78 Å². The molecule has 3 rings (SSSR count). The second-order valence-corrected chi connectivity index (χ2v) is 4.31. The number of anilines is 2. The molecule has 0 amide bonds. The average molecular weight is 255 g/mol. The number of halogens is 2. The van der Waals surface area contributed by atoms with Crippen molar-refractivity contribution in [2.45, 2.75) is 0 Å². The summed E-state index contributed by atoms with van der Waals surface area (Å²) in [5, 5.41) is 5.13. The number of benzene rings is 3. The molecule has 0 fully saturated rings. The van der Waals surface area contributed by atoms with Gasteiger partial charge in [0.05, 0.1) is 0 Å². The lowest BCUT2D eigenvalue weighted by Gasteiger charge is -2.10. The van der Waals surface area contributed by atoms with Crippen LogP contribution in [0.4, 0.5) is 20.2 Å². The minimum Gasteiger partial charge on any atom is -0.355 e. The van der Waals surface area contributed by atoms with Crippen LogP contribution in [0.15, 0.2) is 60.7 Å². The zero-order valence-electron chi connectivity index (χ0n) is 10.0. The Morgan fingerprint density at radius 1 is 0.737 bits per heavy atom. The summed E-state index contributed by atoms with van der Waals surface area (Å²) in [7, 11) is 0. The summed E-state index contributed by atoms with van der Waals surface area (Å²) in [6.07, 6.45) is 0. The monoisotopic (exact) mass is 255 g/mol. The second-order valence-electron chi connectivity index (χ2n) is 4.31. The van der Waals surface area contributed by atoms with Crippen LogP contribution in [0.1, 0.15) is 0 Å². The van der Waals surface area contributed by atoms with Gasteiger partial charge in [0, 0.05) is 22.8 Å². The zero-order chi connectivity index (χ0) is 13.2. The normalized spacial score (nSPS) is 10.6. The molecule has 0 unspecified atom stereocenters. The summed E-state index contributed by atoms with van der Waals surface area (Å²) in [6, 6.07) is 17.0. The molecular formula is C16H11F2N. The first kappa shape index (κ1) is 11.7. The van der Waals surface area contributed by atoms with Gasteiger partial charge in [-0.05, 0) is 23.6 Å². The van der Waals surface area contributed by atoms with Crippen LogP contribution in [-0.2, 0) is 0 Å². The van der Waals surface area contributed by atoms with Crippen LogP contribution in [-0.4, -0.2) is 0 Å². The first-order chi connectivity index (χ1) is 9.22. The Labute approximate surface area is 109 Å². The SMILES string of the molecule is Fc1cc(F)cc(Nc2cccc3ccccc23)c1. The zero-order valence-corrected chi connectivity index (χ0v) is 10.0. The molecule has 1 nitrogen and oxygen atoms in total. The van der Waals surface area contributed by atoms with E-state index in [4.69, 9.17) is 0 Å². The van der Waals surface area contributed by atoms with E-state index in [0.29, 0.717) is 5.69 Å². The molecular weight excluding hydrogens is 244 g/mol. The maximum absolute atomic E-state index is 13.2. The van der Waals surface area contributed by atoms with Crippen LogP contribution in [0.25, 0.3) is 10.8 Å². The van der Waals surface area contributed by atoms with Crippen LogP contribution in [0.2, 0.25) is 0 Å². The molecule has 0 spiro atoms. The third kappa shape index (κ3) is 2.40. The number of rotatable bonds is 2. The first-order valence-electron chi connectivity index (χ1n) is 5.93. The summed E-state index contributed by atoms with van der Waals surface area (Å²) in [4.78, 5) is 0. The largest absolute Gasteiger partial charge is 0.355 e. The van der Waals surface area contributed by atoms with Gasteiger partial charge >= 0.3 is 0 Å². The van der Waals surface area contributed by atoms with Crippen LogP contribution in [0.3, 0.4) is 0 Å². The van der Waals surface area contributed by atoms with Crippen LogP contribution < -0.4 is 5.32 Å². The predicted octanol–water partition coefficient (Wildman–Crippen LogP) is 4.86. The van der Waals surface area contributed by atoms with E-state index in [-0.39, 0.29) is 0 Å². The Morgan fingerprint density at radius 3 is 2.21 bits per heavy atom. The lowest BCUT2D eigenvalue weighted by molar-refractivity contribution is 0.584. The highest BCUT2D eigenvalue weighted by Gasteiger charge is 2.03. The van der Waals surface area contributed by atoms with Gasteiger partial charge in [-0.3, -0.25) is 0 Å². The van der Waals surface area contributed by atoms with E-state index in [9.17, 15) is 8.78 Å². The van der Waals surface area contributed by atoms with Crippen LogP contribution in [0, 0.1) is 11.6 Å². The maximum atomic E-state index is 13.2. The van der Waals surface area contributed by atoms with Gasteiger partial charge < -0.3 is 5.32 Å². The Bertz CT molecular complexity index is 712. The molecule has 0 aliphatic heterocycles. The summed E-state index contributed by atoms with van der Waals surface area (Å²) < 4.78 is 26.3. The molecule has 3 aromatic carbocycles. The lowest BCUT2D eigenvalue weighted by Crippen LogP contribution is -1.93. The van der Waals surface area contributed by atoms with Gasteiger partial charge in [0.25, 0.3) is 0 Å². The van der Waals surface area contributed by atoms with E-state index in [1.54, 1.807) is 0 Å². The lowest BCUT2D eigenvalue weighted by atomic mass is 10.1. The summed E-state index contributed by atoms with van der Waals surface area (Å²) in [5.74, 6) is -1.19. The van der Waals surface area contributed by atoms with E-state index < -0.39 is 11.6 Å². The topological polar surface area (TPSA) is 12.0 Å². The average Bonchev–Trinajstić information content (AvgIpc) is 2.38. The van der Waals surface area contributed by atoms with Gasteiger partial charge in [-0.2, -0.15) is 0 Å². The predicted molar refractivity (Wildman–Crippen MR) is 73.6 cm³/mol. The van der Waals surface area contributed by atoms with Crippen molar-refractivity contribution in [3.05, 3.63) is 72.3 Å². The fraction of sp³-hybridized carbons (Fsp3) is 0. The van der Waals surface area contributed by atoms with E-state index in [1.807, 2.05) is 42.5 Å². The first-order valence-corrected chi connectivity index (χ1v) is 5.93. The molecule has 0 heterocycles. The molecule has 19 heavy (non-hydrogen) atoms. The molecule has 0 aromatic heterocycles. The smallest absolute Gasteiger partial charge is 0.128 e. The van der Waals surface area contributed by atoms with Crippen LogP contribution in [0.5, 0.6) is 0 Å². The van der Waals surface area contributed by atoms with Crippen LogP contribution >= 0.6 is 0 Å². The summed E-state index contributed by atoms with van der Waals surface area (Å²) >= 11 is 0. The number of hydrogen-bond acceptors (Lipinski definition) is 1. The Morgan fingerprint density at radius 2 is 1.42 bits per heavy atom. The Hall–Kier alpha value is -2.42. The molecule has 0 saturated heterocycles. The molecule has 0 radical (unpaired) electrons. The maximum Gasteiger partial charge on any atom is 0.128 e. The Kier molecular flexibility index (Phi) is 2.88. The molecule has 3 aromatic rings. The van der Waals surface area contributed by atoms with Gasteiger partial charge in [-0.15, -0.1) is 0 Å². The van der Waals surface area contributed by atoms with E-state index in [2.05, 4.69) is 5.32 Å². The van der Waals surface area contributed by atoms with Crippen molar-refractivity contribution in [1.82, 2.24) is 0 Å². The molecule has 0 saturated carbocycles. The highest BCUT2D eigenvalue weighted by molar-refractivity contribution is 5.95. The minimum atomic E-state index is -0.595. The fourth-order valence-corrected chi connectivity index (χ4v) is 2.12. The standard InChI is InChI=1S/C16H11F2N/c17-12-8-13(18)10-14(9-12)19-16-7-3-5-11-4-1-2-6-15(11)16/h1-10,19H. The summed E-state index contributed by atoms with van der Waals surface area (Å²) in [6.45, 7) is 0. The Balaban J connectivity index is 2.05. The van der Waals surface area contributed by atoms with Gasteiger partial charge in [0.1, 0.15) is 11.6 Å². The van der Waals surface area contributed by atoms with Crippen molar-refractivity contribution in [1.29, 1.82) is 0 Å². The molecule has 0 aliphatic rings. The molecule has 1 N–H and O–H groups in total. The second kappa shape index (κ2) is 4.69. The quantitative estimate of drug-likeness (QED) is 0.689. The van der Waals surface area contributed by atoms with E-state index >= 15 is 0 Å². The highest BCUT2D eigenvalue weighted by Crippen LogP contribution is 2.26. The molecule has 94 valence electrons. The molecule has 0 bridgehead atoms. The highest BCUT2D eigenvalue weighted by atomic mass is 19.1. The van der Waals surface area contributed by atoms with Crippen molar-refractivity contribution >= 4 is 22.1 Å². The fourth-order valence-electron chi connectivity index (χ4n) is 2.12.